The van der Waals surface area contributed by atoms with Crippen LogP contribution in [0, 0.1) is 10.1 Å². The van der Waals surface area contributed by atoms with E-state index in [1.54, 1.807) is 6.07 Å². The summed E-state index contributed by atoms with van der Waals surface area (Å²) in [4.78, 5) is 8.76. The van der Waals surface area contributed by atoms with E-state index >= 15 is 0 Å². The van der Waals surface area contributed by atoms with Crippen LogP contribution >= 0.6 is 0 Å². The molecular weight excluding hydrogens is 685 g/mol. The molecule has 0 radical (unpaired) electrons. The molecule has 0 amide bonds. The largest absolute Gasteiger partial charge is 1.00 e. The Balaban J connectivity index is 0.00000235. The summed E-state index contributed by atoms with van der Waals surface area (Å²) in [6.45, 7) is 0. The maximum atomic E-state index is 12.1. The van der Waals surface area contributed by atoms with Gasteiger partial charge >= 0.3 is 88.7 Å². The first-order valence-electron chi connectivity index (χ1n) is 11.3. The molecule has 5 rings (SSSR count). The number of aromatic nitrogens is 3. The molecule has 0 unspecified atom stereocenters. The predicted octanol–water partition coefficient (Wildman–Crippen LogP) is -6.62. The van der Waals surface area contributed by atoms with Gasteiger partial charge in [-0.25, -0.2) is 25.3 Å². The van der Waals surface area contributed by atoms with Crippen LogP contribution < -0.4 is 88.7 Å². The molecule has 216 valence electrons. The first kappa shape index (κ1) is 39.6. The number of nitrogens with zero attached hydrogens (tertiary/aromatic N) is 4. The second-order valence-corrected chi connectivity index (χ2v) is 12.7. The molecule has 0 atom stereocenters. The molecule has 4 aromatic carbocycles. The minimum atomic E-state index is -5.18. The van der Waals surface area contributed by atoms with Crippen molar-refractivity contribution in [2.75, 3.05) is 0 Å². The van der Waals surface area contributed by atoms with Crippen LogP contribution in [-0.2, 0) is 30.4 Å². The number of hydrogen-bond acceptors (Lipinski definition) is 13. The summed E-state index contributed by atoms with van der Waals surface area (Å²) >= 11 is 0. The summed E-state index contributed by atoms with van der Waals surface area (Å²) in [5.41, 5.74) is -1.08. The number of nitro benzene ring substituents is 1. The van der Waals surface area contributed by atoms with Crippen molar-refractivity contribution in [3.63, 3.8) is 0 Å². The molecule has 45 heavy (non-hydrogen) atoms. The fourth-order valence-electron chi connectivity index (χ4n) is 4.21. The van der Waals surface area contributed by atoms with Crippen molar-refractivity contribution in [2.45, 2.75) is 14.7 Å². The number of rotatable bonds is 7. The van der Waals surface area contributed by atoms with E-state index in [2.05, 4.69) is 10.2 Å². The molecule has 0 aliphatic heterocycles. The predicted molar refractivity (Wildman–Crippen MR) is 142 cm³/mol. The van der Waals surface area contributed by atoms with Crippen molar-refractivity contribution in [1.29, 1.82) is 0 Å². The third-order valence-electron chi connectivity index (χ3n) is 6.04. The molecule has 1 aromatic heterocycles. The van der Waals surface area contributed by atoms with E-state index in [4.69, 9.17) is 0 Å². The number of nitro groups is 1. The Hall–Kier alpha value is -1.59. The van der Waals surface area contributed by atoms with E-state index in [0.29, 0.717) is 6.07 Å². The Morgan fingerprint density at radius 2 is 1.16 bits per heavy atom. The van der Waals surface area contributed by atoms with Gasteiger partial charge in [0.2, 0.25) is 0 Å². The third-order valence-corrected chi connectivity index (χ3v) is 8.70. The number of benzene rings is 4. The Morgan fingerprint density at radius 1 is 0.644 bits per heavy atom. The molecule has 0 N–H and O–H groups in total. The molecule has 0 aliphatic rings. The molecule has 0 saturated heterocycles. The normalized spacial score (nSPS) is 12.0. The van der Waals surface area contributed by atoms with Crippen molar-refractivity contribution >= 4 is 70.0 Å². The Morgan fingerprint density at radius 3 is 1.69 bits per heavy atom. The van der Waals surface area contributed by atoms with Gasteiger partial charge in [-0.2, -0.15) is 4.80 Å². The maximum absolute atomic E-state index is 12.1. The Labute approximate surface area is 322 Å². The van der Waals surface area contributed by atoms with Crippen LogP contribution in [-0.4, -0.2) is 58.8 Å². The molecule has 5 aromatic rings. The second kappa shape index (κ2) is 14.7. The molecule has 0 fully saturated rings. The van der Waals surface area contributed by atoms with Gasteiger partial charge in [0.15, 0.2) is 0 Å². The second-order valence-electron chi connectivity index (χ2n) is 8.67. The average Bonchev–Trinajstić information content (AvgIpc) is 3.34. The van der Waals surface area contributed by atoms with Crippen molar-refractivity contribution < 1.29 is 133 Å². The van der Waals surface area contributed by atoms with Gasteiger partial charge in [0, 0.05) is 22.9 Å². The maximum Gasteiger partial charge on any atom is 1.00 e. The molecule has 21 heteroatoms. The summed E-state index contributed by atoms with van der Waals surface area (Å²) in [5.74, 6) is 0. The average molecular weight is 699 g/mol. The van der Waals surface area contributed by atoms with Crippen LogP contribution in [0.5, 0.6) is 0 Å². The zero-order chi connectivity index (χ0) is 30.6. The van der Waals surface area contributed by atoms with Crippen LogP contribution in [0.4, 0.5) is 5.69 Å². The third kappa shape index (κ3) is 8.47. The standard InChI is InChI=1S/C24H16N4O11S3.3Na/c29-28(30)17-10-8-15(22(12-17)41(34,35)36)6-5-14-7-9-16(11-21(14)40(31,32)33)27-25-20-13-23(42(37,38)39)18-3-1-2-4-19(18)24(20)26-27;;;/h1-13H,(H,31,32,33)(H,34,35,36)(H,37,38,39);;;/q;3*+1/p-3/b6-5+;;;. The van der Waals surface area contributed by atoms with Gasteiger partial charge in [-0.15, -0.1) is 10.2 Å². The monoisotopic (exact) mass is 698 g/mol. The van der Waals surface area contributed by atoms with Gasteiger partial charge in [-0.05, 0) is 35.4 Å². The quantitative estimate of drug-likeness (QED) is 0.0505. The fourth-order valence-corrected chi connectivity index (χ4v) is 6.29. The summed E-state index contributed by atoms with van der Waals surface area (Å²) in [6, 6.07) is 12.9. The Kier molecular flexibility index (Phi) is 12.9. The van der Waals surface area contributed by atoms with Gasteiger partial charge in [0.05, 0.1) is 25.3 Å². The van der Waals surface area contributed by atoms with Crippen LogP contribution in [0.2, 0.25) is 0 Å². The van der Waals surface area contributed by atoms with Crippen molar-refractivity contribution in [2.24, 2.45) is 0 Å². The zero-order valence-corrected chi connectivity index (χ0v) is 32.0. The molecular formula is C24H13N4Na3O11S3. The van der Waals surface area contributed by atoms with E-state index in [1.165, 1.54) is 24.3 Å². The number of fused-ring (bicyclic) bond motifs is 3. The summed E-state index contributed by atoms with van der Waals surface area (Å²) in [7, 11) is -15.3. The summed E-state index contributed by atoms with van der Waals surface area (Å²) in [6.07, 6.45) is 2.02. The van der Waals surface area contributed by atoms with Crippen LogP contribution in [0.15, 0.2) is 81.4 Å². The topological polar surface area (TPSA) is 245 Å². The van der Waals surface area contributed by atoms with Crippen LogP contribution in [0.3, 0.4) is 0 Å². The molecule has 0 spiro atoms. The fraction of sp³-hybridized carbons (Fsp3) is 0. The summed E-state index contributed by atoms with van der Waals surface area (Å²) < 4.78 is 107. The number of non-ortho nitro benzene ring substituents is 1. The van der Waals surface area contributed by atoms with E-state index in [1.807, 2.05) is 0 Å². The minimum absolute atomic E-state index is 0. The Bertz CT molecular complexity index is 2330. The summed E-state index contributed by atoms with van der Waals surface area (Å²) in [5, 5.41) is 19.8. The van der Waals surface area contributed by atoms with Gasteiger partial charge < -0.3 is 13.7 Å². The minimum Gasteiger partial charge on any atom is -0.744 e. The molecule has 0 bridgehead atoms. The number of hydrogen-bond donors (Lipinski definition) is 0. The van der Waals surface area contributed by atoms with E-state index in [9.17, 15) is 49.0 Å². The first-order valence-corrected chi connectivity index (χ1v) is 15.5. The van der Waals surface area contributed by atoms with Gasteiger partial charge in [0.1, 0.15) is 41.4 Å². The SMILES string of the molecule is O=[N+]([O-])c1ccc(/C=C/c2ccc(-n3nc4cc(S(=O)(=O)[O-])c5ccccc5c4n3)cc2S(=O)(=O)[O-])c(S(=O)(=O)[O-])c1.[Na+].[Na+].[Na+]. The van der Waals surface area contributed by atoms with Gasteiger partial charge in [-0.3, -0.25) is 10.1 Å². The molecule has 0 saturated carbocycles. The molecule has 1 heterocycles. The smallest absolute Gasteiger partial charge is 0.744 e. The van der Waals surface area contributed by atoms with Crippen molar-refractivity contribution in [1.82, 2.24) is 15.0 Å². The van der Waals surface area contributed by atoms with Crippen molar-refractivity contribution in [3.05, 3.63) is 88.0 Å². The van der Waals surface area contributed by atoms with Gasteiger partial charge in [-0.1, -0.05) is 42.5 Å². The van der Waals surface area contributed by atoms with Gasteiger partial charge in [0.25, 0.3) is 5.69 Å². The van der Waals surface area contributed by atoms with Crippen molar-refractivity contribution in [3.8, 4) is 5.69 Å². The van der Waals surface area contributed by atoms with Crippen LogP contribution in [0.25, 0.3) is 39.6 Å². The first-order chi connectivity index (χ1) is 19.5. The van der Waals surface area contributed by atoms with E-state index in [-0.39, 0.29) is 127 Å². The molecule has 15 nitrogen and oxygen atoms in total. The van der Waals surface area contributed by atoms with Crippen LogP contribution in [0.1, 0.15) is 11.1 Å². The van der Waals surface area contributed by atoms with E-state index < -0.39 is 55.7 Å². The van der Waals surface area contributed by atoms with E-state index in [0.717, 1.165) is 47.3 Å². The zero-order valence-electron chi connectivity index (χ0n) is 23.5. The molecule has 0 aliphatic carbocycles.